The molecule has 2 heterocycles. The third-order valence-electron chi connectivity index (χ3n) is 1.75. The highest BCUT2D eigenvalue weighted by molar-refractivity contribution is 8.09. The molecule has 74 valence electrons. The quantitative estimate of drug-likeness (QED) is 0.635. The van der Waals surface area contributed by atoms with Gasteiger partial charge in [-0.25, -0.2) is 0 Å². The average molecular weight is 226 g/mol. The maximum absolute atomic E-state index is 5.24. The van der Waals surface area contributed by atoms with Gasteiger partial charge in [0, 0.05) is 0 Å². The molecule has 0 fully saturated rings. The van der Waals surface area contributed by atoms with Gasteiger partial charge in [-0.3, -0.25) is 0 Å². The van der Waals surface area contributed by atoms with Crippen LogP contribution in [0.25, 0.3) is 0 Å². The molecule has 0 aliphatic carbocycles. The van der Waals surface area contributed by atoms with Crippen LogP contribution in [0, 0.1) is 0 Å². The summed E-state index contributed by atoms with van der Waals surface area (Å²) in [6, 6.07) is 7.63. The molecule has 2 aromatic heterocycles. The highest BCUT2D eigenvalue weighted by atomic mass is 32.2. The van der Waals surface area contributed by atoms with E-state index in [0.29, 0.717) is 0 Å². The molecule has 2 rings (SSSR count). The molecule has 0 spiro atoms. The Balaban J connectivity index is 1.87. The first-order valence-corrected chi connectivity index (χ1v) is 5.78. The van der Waals surface area contributed by atoms with Crippen molar-refractivity contribution < 1.29 is 8.83 Å². The van der Waals surface area contributed by atoms with E-state index in [9.17, 15) is 0 Å². The normalized spacial score (nSPS) is 12.9. The molecule has 0 N–H and O–H groups in total. The smallest absolute Gasteiger partial charge is 0.126 e. The van der Waals surface area contributed by atoms with Crippen LogP contribution in [0.3, 0.4) is 0 Å². The van der Waals surface area contributed by atoms with Crippen LogP contribution in [0.5, 0.6) is 0 Å². The third kappa shape index (κ3) is 2.39. The molecule has 2 aromatic rings. The van der Waals surface area contributed by atoms with Crippen LogP contribution in [0.4, 0.5) is 0 Å². The first-order valence-electron chi connectivity index (χ1n) is 4.22. The molecule has 14 heavy (non-hydrogen) atoms. The summed E-state index contributed by atoms with van der Waals surface area (Å²) in [5.41, 5.74) is 0. The molecule has 0 aliphatic heterocycles. The van der Waals surface area contributed by atoms with Crippen LogP contribution in [0.15, 0.2) is 45.6 Å². The summed E-state index contributed by atoms with van der Waals surface area (Å²) in [6.45, 7) is 0. The summed E-state index contributed by atoms with van der Waals surface area (Å²) < 4.78 is 10.5. The van der Waals surface area contributed by atoms with E-state index in [0.717, 1.165) is 17.3 Å². The van der Waals surface area contributed by atoms with Crippen LogP contribution in [-0.4, -0.2) is 0 Å². The highest BCUT2D eigenvalue weighted by Crippen LogP contribution is 2.34. The van der Waals surface area contributed by atoms with Crippen molar-refractivity contribution >= 4 is 24.4 Å². The second-order valence-electron chi connectivity index (χ2n) is 2.76. The summed E-state index contributed by atoms with van der Waals surface area (Å²) in [7, 11) is 0. The highest BCUT2D eigenvalue weighted by Gasteiger charge is 2.10. The van der Waals surface area contributed by atoms with E-state index in [2.05, 4.69) is 12.6 Å². The minimum absolute atomic E-state index is 0.0649. The standard InChI is InChI=1S/C10H10O2S2/c13-10(9-4-2-6-12-9)14-7-8-3-1-5-11-8/h1-6,10,13H,7H2. The molecule has 0 aromatic carbocycles. The monoisotopic (exact) mass is 226 g/mol. The molecule has 1 atom stereocenters. The number of hydrogen-bond donors (Lipinski definition) is 1. The topological polar surface area (TPSA) is 26.3 Å². The molecule has 1 unspecified atom stereocenters. The SMILES string of the molecule is SC(SCc1ccco1)c1ccco1. The maximum atomic E-state index is 5.24. The maximum Gasteiger partial charge on any atom is 0.126 e. The fourth-order valence-corrected chi connectivity index (χ4v) is 2.23. The summed E-state index contributed by atoms with van der Waals surface area (Å²) in [5, 5.41) is 0. The van der Waals surface area contributed by atoms with E-state index in [-0.39, 0.29) is 4.58 Å². The minimum atomic E-state index is 0.0649. The van der Waals surface area contributed by atoms with Crippen molar-refractivity contribution in [2.24, 2.45) is 0 Å². The van der Waals surface area contributed by atoms with E-state index in [1.54, 1.807) is 24.3 Å². The summed E-state index contributed by atoms with van der Waals surface area (Å²) in [4.78, 5) is 0. The molecule has 0 aliphatic rings. The van der Waals surface area contributed by atoms with Crippen molar-refractivity contribution in [1.82, 2.24) is 0 Å². The van der Waals surface area contributed by atoms with Crippen molar-refractivity contribution in [2.45, 2.75) is 10.3 Å². The van der Waals surface area contributed by atoms with Crippen LogP contribution in [0.1, 0.15) is 16.1 Å². The van der Waals surface area contributed by atoms with Gasteiger partial charge in [-0.1, -0.05) is 0 Å². The number of rotatable bonds is 4. The fraction of sp³-hybridized carbons (Fsp3) is 0.200. The Morgan fingerprint density at radius 2 is 2.00 bits per heavy atom. The number of furan rings is 2. The Kier molecular flexibility index (Phi) is 3.26. The molecule has 0 amide bonds. The van der Waals surface area contributed by atoms with Crippen molar-refractivity contribution in [1.29, 1.82) is 0 Å². The first kappa shape index (κ1) is 9.80. The van der Waals surface area contributed by atoms with E-state index in [4.69, 9.17) is 8.83 Å². The zero-order valence-corrected chi connectivity index (χ0v) is 9.13. The molecule has 0 saturated heterocycles. The molecular formula is C10H10O2S2. The van der Waals surface area contributed by atoms with Gasteiger partial charge in [0.1, 0.15) is 16.1 Å². The second kappa shape index (κ2) is 4.66. The Labute approximate surface area is 92.1 Å². The van der Waals surface area contributed by atoms with Crippen molar-refractivity contribution in [3.8, 4) is 0 Å². The van der Waals surface area contributed by atoms with Gasteiger partial charge in [0.2, 0.25) is 0 Å². The summed E-state index contributed by atoms with van der Waals surface area (Å²) >= 11 is 6.09. The summed E-state index contributed by atoms with van der Waals surface area (Å²) in [6.07, 6.45) is 3.34. The Hall–Kier alpha value is -0.740. The predicted molar refractivity (Wildman–Crippen MR) is 60.4 cm³/mol. The van der Waals surface area contributed by atoms with E-state index in [1.165, 1.54) is 0 Å². The van der Waals surface area contributed by atoms with E-state index < -0.39 is 0 Å². The molecule has 2 nitrogen and oxygen atoms in total. The molecule has 0 bridgehead atoms. The lowest BCUT2D eigenvalue weighted by molar-refractivity contribution is 0.525. The summed E-state index contributed by atoms with van der Waals surface area (Å²) in [5.74, 6) is 2.65. The van der Waals surface area contributed by atoms with Crippen molar-refractivity contribution in [2.75, 3.05) is 0 Å². The minimum Gasteiger partial charge on any atom is -0.468 e. The Bertz CT molecular complexity index is 353. The second-order valence-corrected chi connectivity index (χ2v) is 4.72. The van der Waals surface area contributed by atoms with Gasteiger partial charge in [-0.15, -0.1) is 11.8 Å². The molecule has 0 radical (unpaired) electrons. The molecule has 0 saturated carbocycles. The number of thiol groups is 1. The van der Waals surface area contributed by atoms with E-state index in [1.807, 2.05) is 24.3 Å². The zero-order chi connectivity index (χ0) is 9.80. The first-order chi connectivity index (χ1) is 6.86. The van der Waals surface area contributed by atoms with Gasteiger partial charge >= 0.3 is 0 Å². The fourth-order valence-electron chi connectivity index (χ4n) is 1.07. The van der Waals surface area contributed by atoms with Crippen LogP contribution >= 0.6 is 24.4 Å². The zero-order valence-electron chi connectivity index (χ0n) is 7.42. The predicted octanol–water partition coefficient (Wildman–Crippen LogP) is 3.73. The van der Waals surface area contributed by atoms with Gasteiger partial charge in [0.05, 0.1) is 18.3 Å². The van der Waals surface area contributed by atoms with Gasteiger partial charge in [0.15, 0.2) is 0 Å². The lowest BCUT2D eigenvalue weighted by Gasteiger charge is -2.05. The number of hydrogen-bond acceptors (Lipinski definition) is 4. The lowest BCUT2D eigenvalue weighted by atomic mass is 10.5. The molecule has 4 heteroatoms. The van der Waals surface area contributed by atoms with Crippen molar-refractivity contribution in [3.63, 3.8) is 0 Å². The van der Waals surface area contributed by atoms with Crippen LogP contribution in [0.2, 0.25) is 0 Å². The van der Waals surface area contributed by atoms with E-state index >= 15 is 0 Å². The van der Waals surface area contributed by atoms with Gasteiger partial charge < -0.3 is 8.83 Å². The lowest BCUT2D eigenvalue weighted by Crippen LogP contribution is -1.83. The van der Waals surface area contributed by atoms with Gasteiger partial charge in [-0.2, -0.15) is 12.6 Å². The average Bonchev–Trinajstić information content (AvgIpc) is 2.87. The Morgan fingerprint density at radius 1 is 1.21 bits per heavy atom. The number of thioether (sulfide) groups is 1. The van der Waals surface area contributed by atoms with Gasteiger partial charge in [-0.05, 0) is 24.3 Å². The third-order valence-corrected chi connectivity index (χ3v) is 3.45. The Morgan fingerprint density at radius 3 is 2.64 bits per heavy atom. The molecular weight excluding hydrogens is 216 g/mol. The van der Waals surface area contributed by atoms with Crippen LogP contribution < -0.4 is 0 Å². The van der Waals surface area contributed by atoms with Crippen molar-refractivity contribution in [3.05, 3.63) is 48.3 Å². The van der Waals surface area contributed by atoms with Crippen LogP contribution in [-0.2, 0) is 5.75 Å². The van der Waals surface area contributed by atoms with Gasteiger partial charge in [0.25, 0.3) is 0 Å². The largest absolute Gasteiger partial charge is 0.468 e.